The summed E-state index contributed by atoms with van der Waals surface area (Å²) in [7, 11) is 0. The summed E-state index contributed by atoms with van der Waals surface area (Å²) in [5.74, 6) is -0.488. The van der Waals surface area contributed by atoms with Crippen LogP contribution in [0.3, 0.4) is 0 Å². The lowest BCUT2D eigenvalue weighted by Crippen LogP contribution is -2.30. The number of ether oxygens (including phenoxy) is 1. The Morgan fingerprint density at radius 2 is 0.698 bits per heavy atom. The number of rotatable bonds is 36. The number of hydrogen-bond acceptors (Lipinski definition) is 3. The molecule has 0 aromatic carbocycles. The minimum atomic E-state index is -0.543. The van der Waals surface area contributed by atoms with Gasteiger partial charge in [-0.2, -0.15) is 0 Å². The van der Waals surface area contributed by atoms with Crippen LogP contribution in [0.4, 0.5) is 0 Å². The normalized spacial score (nSPS) is 12.9. The molecule has 2 atom stereocenters. The van der Waals surface area contributed by atoms with Crippen molar-refractivity contribution in [3.63, 3.8) is 0 Å². The summed E-state index contributed by atoms with van der Waals surface area (Å²) in [5.41, 5.74) is 0. The van der Waals surface area contributed by atoms with Crippen LogP contribution in [0.1, 0.15) is 233 Å². The van der Waals surface area contributed by atoms with Crippen LogP contribution in [0.15, 0.2) is 0 Å². The van der Waals surface area contributed by atoms with E-state index in [0.717, 1.165) is 38.5 Å². The van der Waals surface area contributed by atoms with E-state index in [0.29, 0.717) is 6.61 Å². The zero-order valence-corrected chi connectivity index (χ0v) is 30.0. The third-order valence-electron chi connectivity index (χ3n) is 9.48. The zero-order valence-electron chi connectivity index (χ0n) is 30.0. The number of aliphatic hydroxyl groups is 1. The number of aliphatic hydroxyl groups excluding tert-OH is 1. The molecule has 0 fully saturated rings. The average Bonchev–Trinajstić information content (AvgIpc) is 3.01. The second-order valence-corrected chi connectivity index (χ2v) is 13.8. The Kier molecular flexibility index (Phi) is 35.4. The Morgan fingerprint density at radius 3 is 1.02 bits per heavy atom. The quantitative estimate of drug-likeness (QED) is 0.0568. The molecule has 0 radical (unpaired) electrons. The van der Waals surface area contributed by atoms with E-state index in [1.807, 2.05) is 0 Å². The van der Waals surface area contributed by atoms with Crippen LogP contribution in [-0.2, 0) is 9.53 Å². The third kappa shape index (κ3) is 31.2. The summed E-state index contributed by atoms with van der Waals surface area (Å²) < 4.78 is 5.57. The second kappa shape index (κ2) is 35.9. The first-order valence-corrected chi connectivity index (χ1v) is 20.0. The van der Waals surface area contributed by atoms with Gasteiger partial charge in [-0.15, -0.1) is 0 Å². The molecule has 0 rings (SSSR count). The van der Waals surface area contributed by atoms with E-state index >= 15 is 0 Å². The molecule has 258 valence electrons. The van der Waals surface area contributed by atoms with Gasteiger partial charge in [-0.3, -0.25) is 4.79 Å². The monoisotopic (exact) mass is 609 g/mol. The number of carbonyl (C=O) groups is 1. The van der Waals surface area contributed by atoms with Crippen molar-refractivity contribution in [2.75, 3.05) is 6.61 Å². The fourth-order valence-electron chi connectivity index (χ4n) is 6.38. The van der Waals surface area contributed by atoms with Gasteiger partial charge in [0.05, 0.1) is 18.6 Å². The number of hydrogen-bond donors (Lipinski definition) is 1. The van der Waals surface area contributed by atoms with Crippen molar-refractivity contribution in [2.24, 2.45) is 5.92 Å². The molecule has 3 nitrogen and oxygen atoms in total. The van der Waals surface area contributed by atoms with Gasteiger partial charge in [0, 0.05) is 0 Å². The molecule has 0 aliphatic carbocycles. The zero-order chi connectivity index (χ0) is 31.5. The largest absolute Gasteiger partial charge is 0.465 e. The van der Waals surface area contributed by atoms with Gasteiger partial charge in [-0.1, -0.05) is 213 Å². The molecule has 0 bridgehead atoms. The average molecular weight is 609 g/mol. The molecule has 0 heterocycles. The van der Waals surface area contributed by atoms with Gasteiger partial charge in [-0.25, -0.2) is 0 Å². The van der Waals surface area contributed by atoms with Gasteiger partial charge in [-0.05, 0) is 19.3 Å². The van der Waals surface area contributed by atoms with E-state index in [2.05, 4.69) is 20.8 Å². The Morgan fingerprint density at radius 1 is 0.419 bits per heavy atom. The van der Waals surface area contributed by atoms with Crippen molar-refractivity contribution in [2.45, 2.75) is 239 Å². The fraction of sp³-hybridized carbons (Fsp3) is 0.975. The molecule has 3 heteroatoms. The van der Waals surface area contributed by atoms with Gasteiger partial charge in [0.2, 0.25) is 0 Å². The predicted molar refractivity (Wildman–Crippen MR) is 190 cm³/mol. The number of unbranched alkanes of at least 4 members (excludes halogenated alkanes) is 28. The van der Waals surface area contributed by atoms with E-state index < -0.39 is 6.10 Å². The van der Waals surface area contributed by atoms with Crippen LogP contribution in [-0.4, -0.2) is 23.8 Å². The van der Waals surface area contributed by atoms with Crippen molar-refractivity contribution >= 4 is 5.97 Å². The van der Waals surface area contributed by atoms with Gasteiger partial charge < -0.3 is 9.84 Å². The molecule has 0 amide bonds. The van der Waals surface area contributed by atoms with Crippen LogP contribution >= 0.6 is 0 Å². The Hall–Kier alpha value is -0.570. The van der Waals surface area contributed by atoms with Crippen molar-refractivity contribution in [1.29, 1.82) is 0 Å². The smallest absolute Gasteiger partial charge is 0.311 e. The molecule has 0 saturated heterocycles. The summed E-state index contributed by atoms with van der Waals surface area (Å²) in [6, 6.07) is 0. The van der Waals surface area contributed by atoms with Gasteiger partial charge in [0.1, 0.15) is 0 Å². The Balaban J connectivity index is 3.90. The lowest BCUT2D eigenvalue weighted by Gasteiger charge is -2.22. The summed E-state index contributed by atoms with van der Waals surface area (Å²) >= 11 is 0. The highest BCUT2D eigenvalue weighted by Gasteiger charge is 2.27. The molecule has 0 aromatic rings. The molecule has 0 saturated carbocycles. The summed E-state index contributed by atoms with van der Waals surface area (Å²) in [4.78, 5) is 12.8. The SMILES string of the molecule is CCCCCCCCCCCCCCCCCC(O)C(CCCCCCCCCCCCCCCC)C(=O)OCCCC. The predicted octanol–water partition coefficient (Wildman–Crippen LogP) is 13.4. The summed E-state index contributed by atoms with van der Waals surface area (Å²) in [5, 5.41) is 10.9. The number of carbonyl (C=O) groups excluding carboxylic acids is 1. The Labute approximate surface area is 271 Å². The van der Waals surface area contributed by atoms with Crippen molar-refractivity contribution in [3.8, 4) is 0 Å². The highest BCUT2D eigenvalue weighted by atomic mass is 16.5. The number of esters is 1. The summed E-state index contributed by atoms with van der Waals surface area (Å²) in [6.07, 6.45) is 41.8. The van der Waals surface area contributed by atoms with Gasteiger partial charge >= 0.3 is 5.97 Å². The first-order valence-electron chi connectivity index (χ1n) is 20.0. The minimum Gasteiger partial charge on any atom is -0.465 e. The van der Waals surface area contributed by atoms with Crippen LogP contribution in [0, 0.1) is 5.92 Å². The van der Waals surface area contributed by atoms with Crippen molar-refractivity contribution in [1.82, 2.24) is 0 Å². The van der Waals surface area contributed by atoms with Crippen LogP contribution in [0.2, 0.25) is 0 Å². The molecule has 0 aliphatic heterocycles. The highest BCUT2D eigenvalue weighted by molar-refractivity contribution is 5.73. The van der Waals surface area contributed by atoms with Crippen molar-refractivity contribution < 1.29 is 14.6 Å². The van der Waals surface area contributed by atoms with E-state index in [1.165, 1.54) is 173 Å². The van der Waals surface area contributed by atoms with Gasteiger partial charge in [0.25, 0.3) is 0 Å². The molecule has 1 N–H and O–H groups in total. The van der Waals surface area contributed by atoms with E-state index in [9.17, 15) is 9.90 Å². The van der Waals surface area contributed by atoms with Gasteiger partial charge in [0.15, 0.2) is 0 Å². The first-order chi connectivity index (χ1) is 21.2. The van der Waals surface area contributed by atoms with E-state index in [-0.39, 0.29) is 11.9 Å². The Bertz CT molecular complexity index is 534. The van der Waals surface area contributed by atoms with Crippen LogP contribution in [0.5, 0.6) is 0 Å². The summed E-state index contributed by atoms with van der Waals surface area (Å²) in [6.45, 7) is 7.18. The molecule has 2 unspecified atom stereocenters. The second-order valence-electron chi connectivity index (χ2n) is 13.8. The first kappa shape index (κ1) is 42.4. The maximum Gasteiger partial charge on any atom is 0.311 e. The van der Waals surface area contributed by atoms with E-state index in [1.54, 1.807) is 0 Å². The maximum atomic E-state index is 12.8. The maximum absolute atomic E-state index is 12.8. The molecule has 43 heavy (non-hydrogen) atoms. The molecule has 0 aromatic heterocycles. The molecular formula is C40H80O3. The fourth-order valence-corrected chi connectivity index (χ4v) is 6.38. The minimum absolute atomic E-state index is 0.156. The van der Waals surface area contributed by atoms with E-state index in [4.69, 9.17) is 4.74 Å². The molecular weight excluding hydrogens is 528 g/mol. The molecule has 0 aliphatic rings. The lowest BCUT2D eigenvalue weighted by molar-refractivity contribution is -0.153. The third-order valence-corrected chi connectivity index (χ3v) is 9.48. The topological polar surface area (TPSA) is 46.5 Å². The van der Waals surface area contributed by atoms with Crippen LogP contribution in [0.25, 0.3) is 0 Å². The van der Waals surface area contributed by atoms with Crippen LogP contribution < -0.4 is 0 Å². The standard InChI is InChI=1S/C40H80O3/c1-4-7-10-12-14-16-18-20-22-24-26-28-30-32-34-36-39(41)38(40(42)43-37-9-6-3)35-33-31-29-27-25-23-21-19-17-15-13-11-8-5-2/h38-39,41H,4-37H2,1-3H3. The lowest BCUT2D eigenvalue weighted by atomic mass is 9.91. The van der Waals surface area contributed by atoms with Crippen molar-refractivity contribution in [3.05, 3.63) is 0 Å². The highest BCUT2D eigenvalue weighted by Crippen LogP contribution is 2.22. The molecule has 0 spiro atoms.